The molecule has 360 valence electrons. The van der Waals surface area contributed by atoms with E-state index in [-0.39, 0.29) is 81.4 Å². The minimum absolute atomic E-state index is 0.00609. The minimum Gasteiger partial charge on any atom is -0.491 e. The second-order valence-corrected chi connectivity index (χ2v) is 18.8. The Bertz CT molecular complexity index is 2910. The van der Waals surface area contributed by atoms with Gasteiger partial charge in [-0.3, -0.25) is 47.8 Å². The van der Waals surface area contributed by atoms with Crippen LogP contribution in [-0.2, 0) is 38.7 Å². The van der Waals surface area contributed by atoms with Gasteiger partial charge in [-0.15, -0.1) is 11.3 Å². The van der Waals surface area contributed by atoms with Crippen LogP contribution < -0.4 is 25.6 Å². The maximum atomic E-state index is 13.0. The summed E-state index contributed by atoms with van der Waals surface area (Å²) in [5.74, 6) is -2.27. The Hall–Kier alpha value is -7.34. The van der Waals surface area contributed by atoms with Gasteiger partial charge in [-0.05, 0) is 60.0 Å². The van der Waals surface area contributed by atoms with Crippen molar-refractivity contribution in [3.05, 3.63) is 101 Å². The van der Waals surface area contributed by atoms with Gasteiger partial charge in [0.15, 0.2) is 5.13 Å². The Morgan fingerprint density at radius 3 is 2.36 bits per heavy atom. The van der Waals surface area contributed by atoms with E-state index in [1.54, 1.807) is 12.3 Å². The molecule has 3 aromatic heterocycles. The number of aromatic nitrogens is 3. The number of carbonyl (C=O) groups is 7. The van der Waals surface area contributed by atoms with E-state index in [2.05, 4.69) is 30.8 Å². The molecule has 21 nitrogen and oxygen atoms in total. The smallest absolute Gasteiger partial charge is 0.262 e. The Labute approximate surface area is 399 Å². The summed E-state index contributed by atoms with van der Waals surface area (Å²) >= 11 is 1.24. The van der Waals surface area contributed by atoms with E-state index < -0.39 is 51.5 Å². The third-order valence-corrected chi connectivity index (χ3v) is 13.2. The fourth-order valence-electron chi connectivity index (χ4n) is 7.82. The first-order valence-electron chi connectivity index (χ1n) is 21.9. The zero-order valence-electron chi connectivity index (χ0n) is 37.3. The predicted molar refractivity (Wildman–Crippen MR) is 250 cm³/mol. The molecule has 69 heavy (non-hydrogen) atoms. The van der Waals surface area contributed by atoms with Gasteiger partial charge in [0.1, 0.15) is 24.2 Å². The number of piperidine rings is 1. The van der Waals surface area contributed by atoms with Crippen LogP contribution in [0.25, 0.3) is 22.4 Å². The number of carbonyl (C=O) groups excluding carboxylic acids is 7. The van der Waals surface area contributed by atoms with Gasteiger partial charge in [0.2, 0.25) is 33.7 Å². The third-order valence-electron chi connectivity index (χ3n) is 11.4. The lowest BCUT2D eigenvalue weighted by molar-refractivity contribution is -0.136. The monoisotopic (exact) mass is 981 g/mol. The van der Waals surface area contributed by atoms with Crippen LogP contribution in [0, 0.1) is 0 Å². The zero-order chi connectivity index (χ0) is 48.7. The van der Waals surface area contributed by atoms with Crippen molar-refractivity contribution in [2.45, 2.75) is 25.3 Å². The number of amides is 7. The Morgan fingerprint density at radius 2 is 1.59 bits per heavy atom. The Balaban J connectivity index is 0.713. The molecule has 2 saturated heterocycles. The summed E-state index contributed by atoms with van der Waals surface area (Å²) in [5, 5.41) is 9.50. The lowest BCUT2D eigenvalue weighted by Crippen LogP contribution is -2.54. The van der Waals surface area contributed by atoms with Gasteiger partial charge in [-0.25, -0.2) is 18.4 Å². The molecule has 3 aliphatic heterocycles. The molecule has 23 heteroatoms. The number of imide groups is 2. The SMILES string of the molecule is CS(=O)(=O)n1ccc(C(=O)NCC(=O)Nc2nc(-c3cccc(-c4ccnc(N5CCN(C(=O)CCOCCOCCOc6ccc7c(c6)C(=O)N(C6CCC(=O)NC6=O)C7=O)CC5)c4)c3)cs2)c1. The quantitative estimate of drug-likeness (QED) is 0.0793. The van der Waals surface area contributed by atoms with E-state index in [4.69, 9.17) is 14.2 Å². The molecule has 2 fully saturated rings. The summed E-state index contributed by atoms with van der Waals surface area (Å²) in [7, 11) is -3.54. The normalized spacial score (nSPS) is 16.1. The highest BCUT2D eigenvalue weighted by atomic mass is 32.2. The topological polar surface area (TPSA) is 258 Å². The summed E-state index contributed by atoms with van der Waals surface area (Å²) in [5.41, 5.74) is 3.75. The first kappa shape index (κ1) is 48.1. The fraction of sp³-hybridized carbons (Fsp3) is 0.326. The largest absolute Gasteiger partial charge is 0.491 e. The fourth-order valence-corrected chi connectivity index (χ4v) is 9.14. The number of fused-ring (bicyclic) bond motifs is 1. The van der Waals surface area contributed by atoms with Crippen molar-refractivity contribution in [3.63, 3.8) is 0 Å². The average molecular weight is 982 g/mol. The number of ether oxygens (including phenoxy) is 3. The number of anilines is 2. The zero-order valence-corrected chi connectivity index (χ0v) is 38.9. The number of nitrogens with zero attached hydrogens (tertiary/aromatic N) is 6. The van der Waals surface area contributed by atoms with E-state index in [1.165, 1.54) is 41.9 Å². The molecule has 0 spiro atoms. The molecule has 7 amide bonds. The summed E-state index contributed by atoms with van der Waals surface area (Å²) in [6.07, 6.45) is 5.53. The van der Waals surface area contributed by atoms with Crippen molar-refractivity contribution in [2.75, 3.05) is 82.2 Å². The first-order chi connectivity index (χ1) is 33.2. The van der Waals surface area contributed by atoms with E-state index in [9.17, 15) is 42.0 Å². The van der Waals surface area contributed by atoms with E-state index in [0.717, 1.165) is 37.6 Å². The van der Waals surface area contributed by atoms with Gasteiger partial charge in [0.05, 0.1) is 68.0 Å². The summed E-state index contributed by atoms with van der Waals surface area (Å²) in [6.45, 7) is 3.12. The molecule has 2 aromatic carbocycles. The highest BCUT2D eigenvalue weighted by Gasteiger charge is 2.44. The maximum absolute atomic E-state index is 13.0. The number of thiazole rings is 1. The summed E-state index contributed by atoms with van der Waals surface area (Å²) in [6, 6.07) is 16.6. The van der Waals surface area contributed by atoms with Crippen LogP contribution >= 0.6 is 11.3 Å². The molecule has 0 aliphatic carbocycles. The van der Waals surface area contributed by atoms with Crippen molar-refractivity contribution in [1.29, 1.82) is 0 Å². The van der Waals surface area contributed by atoms with Gasteiger partial charge < -0.3 is 34.6 Å². The van der Waals surface area contributed by atoms with Crippen molar-refractivity contribution < 1.29 is 56.2 Å². The van der Waals surface area contributed by atoms with Crippen LogP contribution in [0.2, 0.25) is 0 Å². The number of hydrogen-bond donors (Lipinski definition) is 3. The first-order valence-corrected chi connectivity index (χ1v) is 24.6. The molecule has 0 bridgehead atoms. The molecule has 0 saturated carbocycles. The van der Waals surface area contributed by atoms with Crippen LogP contribution in [-0.4, -0.2) is 152 Å². The van der Waals surface area contributed by atoms with Crippen LogP contribution in [0.3, 0.4) is 0 Å². The van der Waals surface area contributed by atoms with E-state index in [1.807, 2.05) is 46.7 Å². The van der Waals surface area contributed by atoms with E-state index in [0.29, 0.717) is 42.8 Å². The molecular weight excluding hydrogens is 935 g/mol. The predicted octanol–water partition coefficient (Wildman–Crippen LogP) is 2.40. The molecule has 5 aromatic rings. The molecule has 1 atom stereocenters. The number of pyridine rings is 1. The Kier molecular flexibility index (Phi) is 14.9. The lowest BCUT2D eigenvalue weighted by atomic mass is 10.0. The van der Waals surface area contributed by atoms with Gasteiger partial charge in [0, 0.05) is 62.1 Å². The number of benzene rings is 2. The van der Waals surface area contributed by atoms with Gasteiger partial charge >= 0.3 is 0 Å². The van der Waals surface area contributed by atoms with Gasteiger partial charge in [0.25, 0.3) is 17.7 Å². The summed E-state index contributed by atoms with van der Waals surface area (Å²) < 4.78 is 41.2. The van der Waals surface area contributed by atoms with Gasteiger partial charge in [-0.2, -0.15) is 0 Å². The molecular formula is C46H47N9O12S2. The number of rotatable bonds is 19. The second-order valence-electron chi connectivity index (χ2n) is 16.1. The van der Waals surface area contributed by atoms with Crippen LogP contribution in [0.4, 0.5) is 10.9 Å². The van der Waals surface area contributed by atoms with E-state index >= 15 is 0 Å². The number of piperazine rings is 1. The molecule has 3 N–H and O–H groups in total. The van der Waals surface area contributed by atoms with Crippen LogP contribution in [0.15, 0.2) is 84.6 Å². The standard InChI is InChI=1S/C46H47N9O12S2/c1-69(63,64)54-13-10-32(27-54)42(59)48-26-40(57)51-46-49-36(28-68-46)31-4-2-3-29(23-31)30-9-12-47-38(24-30)52-14-16-53(17-15-52)41(58)11-18-65-19-20-66-21-22-67-33-5-6-34-35(25-33)45(62)55(44(34)61)37-7-8-39(56)50-43(37)60/h2-6,9-10,12-13,23-25,27-28,37H,7-8,11,14-22,26H2,1H3,(H,48,59)(H,49,51,57)(H,50,56,60). The Morgan fingerprint density at radius 1 is 0.855 bits per heavy atom. The number of hydrogen-bond acceptors (Lipinski definition) is 16. The second kappa shape index (κ2) is 21.3. The van der Waals surface area contributed by atoms with Crippen LogP contribution in [0.1, 0.15) is 50.3 Å². The average Bonchev–Trinajstić information content (AvgIpc) is 4.10. The number of nitrogens with one attached hydrogen (secondary N) is 3. The van der Waals surface area contributed by atoms with Crippen molar-refractivity contribution in [1.82, 2.24) is 34.4 Å². The minimum atomic E-state index is -3.54. The van der Waals surface area contributed by atoms with Crippen molar-refractivity contribution in [3.8, 4) is 28.1 Å². The molecule has 1 unspecified atom stereocenters. The molecule has 6 heterocycles. The maximum Gasteiger partial charge on any atom is 0.262 e. The molecule has 0 radical (unpaired) electrons. The van der Waals surface area contributed by atoms with Gasteiger partial charge in [-0.1, -0.05) is 18.2 Å². The third kappa shape index (κ3) is 11.7. The summed E-state index contributed by atoms with van der Waals surface area (Å²) in [4.78, 5) is 102. The lowest BCUT2D eigenvalue weighted by Gasteiger charge is -2.35. The van der Waals surface area contributed by atoms with Crippen LogP contribution in [0.5, 0.6) is 5.75 Å². The van der Waals surface area contributed by atoms with Crippen molar-refractivity contribution >= 4 is 73.7 Å². The molecule has 8 rings (SSSR count). The highest BCUT2D eigenvalue weighted by Crippen LogP contribution is 2.32. The molecule has 3 aliphatic rings. The van der Waals surface area contributed by atoms with Crippen molar-refractivity contribution in [2.24, 2.45) is 0 Å². The highest BCUT2D eigenvalue weighted by molar-refractivity contribution is 7.89.